The van der Waals surface area contributed by atoms with E-state index in [4.69, 9.17) is 5.11 Å². The van der Waals surface area contributed by atoms with Crippen LogP contribution in [0.25, 0.3) is 0 Å². The molecule has 0 fully saturated rings. The fraction of sp³-hybridized carbons (Fsp3) is 0.500. The van der Waals surface area contributed by atoms with Gasteiger partial charge in [-0.05, 0) is 42.2 Å². The van der Waals surface area contributed by atoms with Gasteiger partial charge in [0.05, 0.1) is 12.2 Å². The molecule has 0 saturated heterocycles. The molecular formula is C12H18BrN3O2. The van der Waals surface area contributed by atoms with Gasteiger partial charge in [0.25, 0.3) is 0 Å². The Bertz CT molecular complexity index is 381. The number of pyridine rings is 1. The van der Waals surface area contributed by atoms with Crippen LogP contribution in [0.1, 0.15) is 5.69 Å². The molecule has 5 nitrogen and oxygen atoms in total. The summed E-state index contributed by atoms with van der Waals surface area (Å²) in [5.41, 5.74) is 0.873. The van der Waals surface area contributed by atoms with Gasteiger partial charge in [-0.2, -0.15) is 0 Å². The lowest BCUT2D eigenvalue weighted by Crippen LogP contribution is -2.35. The Morgan fingerprint density at radius 2 is 2.11 bits per heavy atom. The second-order valence-corrected chi connectivity index (χ2v) is 5.29. The monoisotopic (exact) mass is 315 g/mol. The fourth-order valence-corrected chi connectivity index (χ4v) is 1.71. The number of likely N-dealkylation sites (N-methyl/N-ethyl adjacent to an activating group) is 1. The average molecular weight is 316 g/mol. The molecule has 1 aromatic heterocycles. The summed E-state index contributed by atoms with van der Waals surface area (Å²) in [7, 11) is 3.94. The van der Waals surface area contributed by atoms with Crippen LogP contribution in [0.4, 0.5) is 0 Å². The van der Waals surface area contributed by atoms with Crippen LogP contribution < -0.4 is 0 Å². The molecule has 0 aliphatic heterocycles. The molecule has 18 heavy (non-hydrogen) atoms. The predicted molar refractivity (Wildman–Crippen MR) is 73.4 cm³/mol. The van der Waals surface area contributed by atoms with Crippen LogP contribution in [-0.2, 0) is 11.3 Å². The normalized spacial score (nSPS) is 11.2. The molecular weight excluding hydrogens is 298 g/mol. The molecule has 0 bridgehead atoms. The smallest absolute Gasteiger partial charge is 0.317 e. The van der Waals surface area contributed by atoms with Crippen LogP contribution in [0.15, 0.2) is 22.8 Å². The Kier molecular flexibility index (Phi) is 6.24. The first-order chi connectivity index (χ1) is 8.47. The number of halogens is 1. The number of aromatic nitrogens is 1. The number of carboxylic acid groups (broad SMARTS) is 1. The molecule has 1 rings (SSSR count). The minimum atomic E-state index is -0.814. The van der Waals surface area contributed by atoms with Gasteiger partial charge in [-0.1, -0.05) is 0 Å². The Balaban J connectivity index is 2.59. The molecule has 1 aromatic rings. The van der Waals surface area contributed by atoms with E-state index in [0.29, 0.717) is 13.1 Å². The van der Waals surface area contributed by atoms with Crippen LogP contribution in [0, 0.1) is 0 Å². The number of carboxylic acids is 1. The maximum absolute atomic E-state index is 10.8. The first-order valence-corrected chi connectivity index (χ1v) is 6.46. The Morgan fingerprint density at radius 3 is 2.61 bits per heavy atom. The molecule has 100 valence electrons. The number of hydrogen-bond acceptors (Lipinski definition) is 4. The maximum Gasteiger partial charge on any atom is 0.317 e. The average Bonchev–Trinajstić information content (AvgIpc) is 2.28. The lowest BCUT2D eigenvalue weighted by Gasteiger charge is -2.21. The topological polar surface area (TPSA) is 56.7 Å². The van der Waals surface area contributed by atoms with E-state index in [-0.39, 0.29) is 6.54 Å². The van der Waals surface area contributed by atoms with Crippen molar-refractivity contribution < 1.29 is 9.90 Å². The molecule has 0 unspecified atom stereocenters. The fourth-order valence-electron chi connectivity index (χ4n) is 1.48. The van der Waals surface area contributed by atoms with E-state index >= 15 is 0 Å². The van der Waals surface area contributed by atoms with Gasteiger partial charge < -0.3 is 10.0 Å². The van der Waals surface area contributed by atoms with E-state index in [2.05, 4.69) is 20.9 Å². The minimum absolute atomic E-state index is 0.0333. The van der Waals surface area contributed by atoms with Crippen LogP contribution in [0.3, 0.4) is 0 Å². The molecule has 6 heteroatoms. The molecule has 1 heterocycles. The number of rotatable bonds is 7. The summed E-state index contributed by atoms with van der Waals surface area (Å²) >= 11 is 3.32. The Morgan fingerprint density at radius 1 is 1.39 bits per heavy atom. The number of hydrogen-bond donors (Lipinski definition) is 1. The summed E-state index contributed by atoms with van der Waals surface area (Å²) in [4.78, 5) is 19.0. The quantitative estimate of drug-likeness (QED) is 0.821. The molecule has 0 amide bonds. The summed E-state index contributed by atoms with van der Waals surface area (Å²) < 4.78 is 0.921. The lowest BCUT2D eigenvalue weighted by molar-refractivity contribution is -0.138. The van der Waals surface area contributed by atoms with Crippen molar-refractivity contribution in [2.75, 3.05) is 33.7 Å². The minimum Gasteiger partial charge on any atom is -0.480 e. The third-order valence-corrected chi connectivity index (χ3v) is 2.87. The number of nitrogens with zero attached hydrogens (tertiary/aromatic N) is 3. The van der Waals surface area contributed by atoms with E-state index in [1.807, 2.05) is 36.0 Å². The van der Waals surface area contributed by atoms with Crippen molar-refractivity contribution in [3.8, 4) is 0 Å². The van der Waals surface area contributed by atoms with Gasteiger partial charge in [-0.15, -0.1) is 0 Å². The van der Waals surface area contributed by atoms with Gasteiger partial charge in [0.15, 0.2) is 0 Å². The van der Waals surface area contributed by atoms with Crippen molar-refractivity contribution in [2.24, 2.45) is 0 Å². The zero-order chi connectivity index (χ0) is 13.5. The van der Waals surface area contributed by atoms with Crippen LogP contribution >= 0.6 is 15.9 Å². The van der Waals surface area contributed by atoms with Crippen molar-refractivity contribution in [2.45, 2.75) is 6.54 Å². The highest BCUT2D eigenvalue weighted by Crippen LogP contribution is 2.09. The van der Waals surface area contributed by atoms with E-state index in [0.717, 1.165) is 16.7 Å². The number of aliphatic carboxylic acids is 1. The highest BCUT2D eigenvalue weighted by Gasteiger charge is 2.11. The Hall–Kier alpha value is -0.980. The van der Waals surface area contributed by atoms with Gasteiger partial charge in [-0.3, -0.25) is 14.7 Å². The van der Waals surface area contributed by atoms with Crippen molar-refractivity contribution >= 4 is 21.9 Å². The zero-order valence-electron chi connectivity index (χ0n) is 10.6. The lowest BCUT2D eigenvalue weighted by atomic mass is 10.3. The van der Waals surface area contributed by atoms with Crippen molar-refractivity contribution in [3.05, 3.63) is 28.5 Å². The van der Waals surface area contributed by atoms with E-state index in [1.165, 1.54) is 0 Å². The standard InChI is InChI=1S/C12H18BrN3O2/c1-15(2)5-6-16(9-12(17)18)8-11-4-3-10(13)7-14-11/h3-4,7H,5-6,8-9H2,1-2H3,(H,17,18). The predicted octanol–water partition coefficient (Wildman–Crippen LogP) is 1.29. The first kappa shape index (κ1) is 15.1. The molecule has 0 aliphatic carbocycles. The summed E-state index contributed by atoms with van der Waals surface area (Å²) in [6.07, 6.45) is 1.72. The van der Waals surface area contributed by atoms with Gasteiger partial charge in [0.1, 0.15) is 0 Å². The van der Waals surface area contributed by atoms with Gasteiger partial charge in [-0.25, -0.2) is 0 Å². The van der Waals surface area contributed by atoms with E-state index < -0.39 is 5.97 Å². The van der Waals surface area contributed by atoms with Crippen molar-refractivity contribution in [1.29, 1.82) is 0 Å². The highest BCUT2D eigenvalue weighted by atomic mass is 79.9. The van der Waals surface area contributed by atoms with Crippen LogP contribution in [0.5, 0.6) is 0 Å². The third-order valence-electron chi connectivity index (χ3n) is 2.40. The molecule has 0 aliphatic rings. The summed E-state index contributed by atoms with van der Waals surface area (Å²) in [5, 5.41) is 8.89. The van der Waals surface area contributed by atoms with Crippen molar-refractivity contribution in [1.82, 2.24) is 14.8 Å². The largest absolute Gasteiger partial charge is 0.480 e. The van der Waals surface area contributed by atoms with E-state index in [9.17, 15) is 4.79 Å². The van der Waals surface area contributed by atoms with Crippen LogP contribution in [0.2, 0.25) is 0 Å². The molecule has 1 N–H and O–H groups in total. The van der Waals surface area contributed by atoms with Crippen LogP contribution in [-0.4, -0.2) is 59.6 Å². The van der Waals surface area contributed by atoms with Gasteiger partial charge in [0, 0.05) is 30.3 Å². The highest BCUT2D eigenvalue weighted by molar-refractivity contribution is 9.10. The van der Waals surface area contributed by atoms with E-state index in [1.54, 1.807) is 6.20 Å². The second-order valence-electron chi connectivity index (χ2n) is 4.38. The second kappa shape index (κ2) is 7.45. The number of carbonyl (C=O) groups is 1. The summed E-state index contributed by atoms with van der Waals surface area (Å²) in [6, 6.07) is 3.81. The molecule has 0 atom stereocenters. The van der Waals surface area contributed by atoms with Gasteiger partial charge >= 0.3 is 5.97 Å². The van der Waals surface area contributed by atoms with Crippen molar-refractivity contribution in [3.63, 3.8) is 0 Å². The molecule has 0 spiro atoms. The SMILES string of the molecule is CN(C)CCN(CC(=O)O)Cc1ccc(Br)cn1. The molecule has 0 aromatic carbocycles. The zero-order valence-corrected chi connectivity index (χ0v) is 12.2. The molecule has 0 saturated carbocycles. The maximum atomic E-state index is 10.8. The summed E-state index contributed by atoms with van der Waals surface area (Å²) in [5.74, 6) is -0.814. The molecule has 0 radical (unpaired) electrons. The third kappa shape index (κ3) is 6.09. The van der Waals surface area contributed by atoms with Gasteiger partial charge in [0.2, 0.25) is 0 Å². The summed E-state index contributed by atoms with van der Waals surface area (Å²) in [6.45, 7) is 2.11. The first-order valence-electron chi connectivity index (χ1n) is 5.66. The Labute approximate surface area is 116 Å².